The fourth-order valence-electron chi connectivity index (χ4n) is 2.68. The van der Waals surface area contributed by atoms with E-state index in [9.17, 15) is 13.2 Å². The number of nitrogens with one attached hydrogen (secondary N) is 1. The molecule has 0 radical (unpaired) electrons. The van der Waals surface area contributed by atoms with E-state index in [-0.39, 0.29) is 11.0 Å². The van der Waals surface area contributed by atoms with Crippen LogP contribution in [0.2, 0.25) is 10.0 Å². The minimum Gasteiger partial charge on any atom is -0.383 e. The number of benzene rings is 2. The van der Waals surface area contributed by atoms with E-state index in [1.807, 2.05) is 0 Å². The summed E-state index contributed by atoms with van der Waals surface area (Å²) >= 11 is 11.6. The largest absolute Gasteiger partial charge is 0.421 e. The first-order valence-corrected chi connectivity index (χ1v) is 10.1. The molecule has 3 aromatic rings. The molecule has 0 aliphatic rings. The zero-order chi connectivity index (χ0) is 23.0. The predicted molar refractivity (Wildman–Crippen MR) is 120 cm³/mol. The lowest BCUT2D eigenvalue weighted by Crippen LogP contribution is -2.12. The van der Waals surface area contributed by atoms with E-state index in [0.29, 0.717) is 16.9 Å². The van der Waals surface area contributed by atoms with Crippen molar-refractivity contribution in [2.75, 3.05) is 17.6 Å². The van der Waals surface area contributed by atoms with Gasteiger partial charge in [0.2, 0.25) is 5.95 Å². The molecule has 0 unspecified atom stereocenters. The molecule has 0 amide bonds. The molecule has 3 rings (SSSR count). The summed E-state index contributed by atoms with van der Waals surface area (Å²) in [5.74, 6) is -0.732. The second kappa shape index (κ2) is 11.2. The zero-order valence-electron chi connectivity index (χ0n) is 16.7. The van der Waals surface area contributed by atoms with Gasteiger partial charge in [-0.2, -0.15) is 18.2 Å². The molecule has 0 spiro atoms. The van der Waals surface area contributed by atoms with Crippen LogP contribution in [0.25, 0.3) is 0 Å². The first kappa shape index (κ1) is 24.7. The Kier molecular flexibility index (Phi) is 8.91. The highest BCUT2D eigenvalue weighted by Crippen LogP contribution is 2.33. The van der Waals surface area contributed by atoms with Gasteiger partial charge in [-0.15, -0.1) is 0 Å². The number of rotatable bonds is 5. The van der Waals surface area contributed by atoms with Crippen molar-refractivity contribution in [3.05, 3.63) is 75.4 Å². The van der Waals surface area contributed by atoms with Crippen LogP contribution in [0, 0.1) is 0 Å². The molecule has 1 aromatic heterocycles. The molecule has 5 N–H and O–H groups in total. The summed E-state index contributed by atoms with van der Waals surface area (Å²) < 4.78 is 37.5. The predicted octanol–water partition coefficient (Wildman–Crippen LogP) is 5.88. The molecule has 1 heterocycles. The van der Waals surface area contributed by atoms with Crippen LogP contribution >= 0.6 is 23.2 Å². The van der Waals surface area contributed by atoms with Crippen LogP contribution in [0.1, 0.15) is 23.6 Å². The van der Waals surface area contributed by atoms with Gasteiger partial charge in [-0.1, -0.05) is 54.4 Å². The molecule has 2 aromatic carbocycles. The van der Waals surface area contributed by atoms with Gasteiger partial charge in [-0.25, -0.2) is 4.98 Å². The quantitative estimate of drug-likeness (QED) is 0.432. The highest BCUT2D eigenvalue weighted by molar-refractivity contribution is 6.42. The minimum absolute atomic E-state index is 0.0751. The molecule has 31 heavy (non-hydrogen) atoms. The van der Waals surface area contributed by atoms with Gasteiger partial charge < -0.3 is 16.8 Å². The standard InChI is InChI=1S/C11H7Cl2F3N4.C10H15N/c12-7-2-1-5(3-8(7)13)19-10-18-4-6(9(17)20-10)11(14,15)16;1-2-9-5-3-4-6-10(9)7-8-11/h1-4H,(H3,17,18,19,20);3-6H,2,7-8,11H2,1H3. The van der Waals surface area contributed by atoms with Gasteiger partial charge in [0, 0.05) is 11.9 Å². The summed E-state index contributed by atoms with van der Waals surface area (Å²) in [5, 5.41) is 3.32. The Morgan fingerprint density at radius 2 is 1.71 bits per heavy atom. The third-order valence-corrected chi connectivity index (χ3v) is 4.95. The van der Waals surface area contributed by atoms with E-state index < -0.39 is 17.6 Å². The number of aryl methyl sites for hydroxylation is 1. The van der Waals surface area contributed by atoms with Crippen LogP contribution in [0.15, 0.2) is 48.7 Å². The number of nitrogen functional groups attached to an aromatic ring is 1. The van der Waals surface area contributed by atoms with Crippen molar-refractivity contribution >= 4 is 40.7 Å². The number of halogens is 5. The molecule has 0 bridgehead atoms. The summed E-state index contributed by atoms with van der Waals surface area (Å²) in [6.45, 7) is 2.92. The van der Waals surface area contributed by atoms with Gasteiger partial charge in [-0.3, -0.25) is 0 Å². The van der Waals surface area contributed by atoms with Crippen molar-refractivity contribution in [3.63, 3.8) is 0 Å². The second-order valence-electron chi connectivity index (χ2n) is 6.41. The first-order chi connectivity index (χ1) is 14.7. The average molecular weight is 472 g/mol. The number of anilines is 3. The van der Waals surface area contributed by atoms with Crippen molar-refractivity contribution < 1.29 is 13.2 Å². The fraction of sp³-hybridized carbons (Fsp3) is 0.238. The number of hydrogen-bond acceptors (Lipinski definition) is 5. The van der Waals surface area contributed by atoms with Crippen LogP contribution in [0.5, 0.6) is 0 Å². The second-order valence-corrected chi connectivity index (χ2v) is 7.22. The summed E-state index contributed by atoms with van der Waals surface area (Å²) in [7, 11) is 0. The normalized spacial score (nSPS) is 10.9. The molecule has 0 aliphatic carbocycles. The average Bonchev–Trinajstić information content (AvgIpc) is 2.71. The Hall–Kier alpha value is -2.55. The highest BCUT2D eigenvalue weighted by Gasteiger charge is 2.34. The van der Waals surface area contributed by atoms with E-state index in [4.69, 9.17) is 34.7 Å². The minimum atomic E-state index is -4.59. The van der Waals surface area contributed by atoms with Crippen molar-refractivity contribution in [1.29, 1.82) is 0 Å². The van der Waals surface area contributed by atoms with Gasteiger partial charge >= 0.3 is 6.18 Å². The van der Waals surface area contributed by atoms with E-state index >= 15 is 0 Å². The van der Waals surface area contributed by atoms with Crippen molar-refractivity contribution in [2.24, 2.45) is 5.73 Å². The van der Waals surface area contributed by atoms with E-state index in [2.05, 4.69) is 46.5 Å². The lowest BCUT2D eigenvalue weighted by atomic mass is 10.0. The molecule has 0 saturated carbocycles. The number of aromatic nitrogens is 2. The van der Waals surface area contributed by atoms with Crippen LogP contribution in [-0.4, -0.2) is 16.5 Å². The Labute approximate surface area is 188 Å². The Balaban J connectivity index is 0.000000262. The number of alkyl halides is 3. The lowest BCUT2D eigenvalue weighted by molar-refractivity contribution is -0.137. The highest BCUT2D eigenvalue weighted by atomic mass is 35.5. The summed E-state index contributed by atoms with van der Waals surface area (Å²) in [5.41, 5.74) is 13.0. The van der Waals surface area contributed by atoms with Crippen LogP contribution in [0.4, 0.5) is 30.6 Å². The molecule has 5 nitrogen and oxygen atoms in total. The molecule has 166 valence electrons. The molecular weight excluding hydrogens is 450 g/mol. The summed E-state index contributed by atoms with van der Waals surface area (Å²) in [6.07, 6.45) is -1.87. The summed E-state index contributed by atoms with van der Waals surface area (Å²) in [6, 6.07) is 13.1. The topological polar surface area (TPSA) is 89.9 Å². The molecular formula is C21H22Cl2F3N5. The lowest BCUT2D eigenvalue weighted by Gasteiger charge is -2.10. The van der Waals surface area contributed by atoms with Crippen LogP contribution in [0.3, 0.4) is 0 Å². The van der Waals surface area contributed by atoms with Gasteiger partial charge in [0.25, 0.3) is 0 Å². The molecule has 0 aliphatic heterocycles. The molecule has 0 fully saturated rings. The maximum absolute atomic E-state index is 12.5. The van der Waals surface area contributed by atoms with Gasteiger partial charge in [0.15, 0.2) is 0 Å². The SMILES string of the molecule is CCc1ccccc1CCN.Nc1nc(Nc2ccc(Cl)c(Cl)c2)ncc1C(F)(F)F. The smallest absolute Gasteiger partial charge is 0.383 e. The van der Waals surface area contributed by atoms with Gasteiger partial charge in [0.1, 0.15) is 11.4 Å². The van der Waals surface area contributed by atoms with Gasteiger partial charge in [-0.05, 0) is 48.7 Å². The first-order valence-electron chi connectivity index (χ1n) is 9.34. The van der Waals surface area contributed by atoms with Crippen molar-refractivity contribution in [3.8, 4) is 0 Å². The third kappa shape index (κ3) is 7.27. The maximum Gasteiger partial charge on any atom is 0.421 e. The van der Waals surface area contributed by atoms with Crippen molar-refractivity contribution in [2.45, 2.75) is 25.9 Å². The Morgan fingerprint density at radius 1 is 1.03 bits per heavy atom. The number of hydrogen-bond donors (Lipinski definition) is 3. The van der Waals surface area contributed by atoms with Crippen LogP contribution in [-0.2, 0) is 19.0 Å². The van der Waals surface area contributed by atoms with E-state index in [1.54, 1.807) is 6.07 Å². The maximum atomic E-state index is 12.5. The molecule has 10 heteroatoms. The summed E-state index contributed by atoms with van der Waals surface area (Å²) in [4.78, 5) is 7.10. The molecule has 0 saturated heterocycles. The van der Waals surface area contributed by atoms with Gasteiger partial charge in [0.05, 0.1) is 10.0 Å². The van der Waals surface area contributed by atoms with E-state index in [0.717, 1.165) is 19.4 Å². The third-order valence-electron chi connectivity index (χ3n) is 4.21. The number of nitrogens with zero attached hydrogens (tertiary/aromatic N) is 2. The Morgan fingerprint density at radius 3 is 2.26 bits per heavy atom. The van der Waals surface area contributed by atoms with Crippen LogP contribution < -0.4 is 16.8 Å². The molecule has 0 atom stereocenters. The Bertz CT molecular complexity index is 1010. The monoisotopic (exact) mass is 471 g/mol. The number of nitrogens with two attached hydrogens (primary N) is 2. The zero-order valence-corrected chi connectivity index (χ0v) is 18.2. The van der Waals surface area contributed by atoms with E-state index in [1.165, 1.54) is 23.3 Å². The van der Waals surface area contributed by atoms with Crippen molar-refractivity contribution in [1.82, 2.24) is 9.97 Å². The fourth-order valence-corrected chi connectivity index (χ4v) is 2.98.